The Hall–Kier alpha value is -2.67. The lowest BCUT2D eigenvalue weighted by atomic mass is 10.1. The first-order valence-corrected chi connectivity index (χ1v) is 6.73. The van der Waals surface area contributed by atoms with Gasteiger partial charge in [0.2, 0.25) is 5.91 Å². The zero-order chi connectivity index (χ0) is 15.1. The quantitative estimate of drug-likeness (QED) is 0.909. The maximum absolute atomic E-state index is 13.4. The van der Waals surface area contributed by atoms with Gasteiger partial charge in [-0.05, 0) is 30.5 Å². The number of aryl methyl sites for hydroxylation is 1. The highest BCUT2D eigenvalue weighted by molar-refractivity contribution is 5.92. The molecule has 0 heterocycles. The summed E-state index contributed by atoms with van der Waals surface area (Å²) in [6, 6.07) is 15.8. The molecule has 0 radical (unpaired) electrons. The predicted molar refractivity (Wildman–Crippen MR) is 79.1 cm³/mol. The molecule has 0 spiro atoms. The number of nitrogens with zero attached hydrogens (tertiary/aromatic N) is 1. The zero-order valence-electron chi connectivity index (χ0n) is 11.5. The van der Waals surface area contributed by atoms with E-state index in [9.17, 15) is 9.18 Å². The molecule has 2 rings (SSSR count). The third-order valence-corrected chi connectivity index (χ3v) is 3.11. The number of halogens is 1. The van der Waals surface area contributed by atoms with Crippen molar-refractivity contribution in [1.29, 1.82) is 5.26 Å². The van der Waals surface area contributed by atoms with Gasteiger partial charge in [-0.15, -0.1) is 0 Å². The molecule has 0 saturated carbocycles. The van der Waals surface area contributed by atoms with Gasteiger partial charge in [0.25, 0.3) is 0 Å². The lowest BCUT2D eigenvalue weighted by Gasteiger charge is -2.07. The fourth-order valence-corrected chi connectivity index (χ4v) is 2.05. The van der Waals surface area contributed by atoms with E-state index in [0.717, 1.165) is 6.42 Å². The Morgan fingerprint density at radius 3 is 2.62 bits per heavy atom. The van der Waals surface area contributed by atoms with Gasteiger partial charge in [-0.25, -0.2) is 4.39 Å². The van der Waals surface area contributed by atoms with Gasteiger partial charge in [-0.2, -0.15) is 5.26 Å². The molecule has 0 saturated heterocycles. The normalized spacial score (nSPS) is 9.90. The van der Waals surface area contributed by atoms with Crippen molar-refractivity contribution in [2.75, 3.05) is 5.32 Å². The first kappa shape index (κ1) is 14.7. The van der Waals surface area contributed by atoms with Crippen LogP contribution in [0.5, 0.6) is 0 Å². The molecule has 2 aromatic carbocycles. The van der Waals surface area contributed by atoms with E-state index in [1.807, 2.05) is 30.3 Å². The monoisotopic (exact) mass is 282 g/mol. The van der Waals surface area contributed by atoms with Gasteiger partial charge in [0.05, 0.1) is 5.69 Å². The number of nitrogens with one attached hydrogen (secondary N) is 1. The van der Waals surface area contributed by atoms with Crippen LogP contribution in [0.3, 0.4) is 0 Å². The Morgan fingerprint density at radius 1 is 1.14 bits per heavy atom. The maximum atomic E-state index is 13.4. The molecule has 2 aromatic rings. The van der Waals surface area contributed by atoms with Crippen molar-refractivity contribution < 1.29 is 9.18 Å². The third kappa shape index (κ3) is 4.15. The summed E-state index contributed by atoms with van der Waals surface area (Å²) < 4.78 is 13.4. The lowest BCUT2D eigenvalue weighted by Crippen LogP contribution is -2.13. The number of rotatable bonds is 5. The Labute approximate surface area is 123 Å². The summed E-state index contributed by atoms with van der Waals surface area (Å²) in [6.07, 6.45) is 1.84. The largest absolute Gasteiger partial charge is 0.325 e. The molecule has 0 fully saturated rings. The highest BCUT2D eigenvalue weighted by Crippen LogP contribution is 2.18. The fourth-order valence-electron chi connectivity index (χ4n) is 2.05. The van der Waals surface area contributed by atoms with Crippen LogP contribution in [0, 0.1) is 17.1 Å². The predicted octanol–water partition coefficient (Wildman–Crippen LogP) is 3.66. The lowest BCUT2D eigenvalue weighted by molar-refractivity contribution is -0.116. The molecule has 0 bridgehead atoms. The van der Waals surface area contributed by atoms with Crippen molar-refractivity contribution in [2.24, 2.45) is 0 Å². The van der Waals surface area contributed by atoms with Crippen molar-refractivity contribution in [3.05, 3.63) is 65.5 Å². The number of benzene rings is 2. The van der Waals surface area contributed by atoms with Gasteiger partial charge in [-0.1, -0.05) is 36.4 Å². The molecule has 0 aliphatic heterocycles. The van der Waals surface area contributed by atoms with Crippen LogP contribution in [0.1, 0.15) is 24.0 Å². The molecule has 0 aromatic heterocycles. The number of carbonyl (C=O) groups is 1. The second-order valence-corrected chi connectivity index (χ2v) is 4.66. The topological polar surface area (TPSA) is 52.9 Å². The standard InChI is InChI=1S/C17H15FN2O/c18-15-9-5-10-16(14(15)12-19)20-17(21)11-4-8-13-6-2-1-3-7-13/h1-3,5-7,9-10H,4,8,11H2,(H,20,21). The Bertz CT molecular complexity index is 662. The number of carbonyl (C=O) groups excluding carboxylic acids is 1. The van der Waals surface area contributed by atoms with E-state index in [1.165, 1.54) is 23.8 Å². The average molecular weight is 282 g/mol. The van der Waals surface area contributed by atoms with Gasteiger partial charge < -0.3 is 5.32 Å². The van der Waals surface area contributed by atoms with E-state index in [4.69, 9.17) is 5.26 Å². The minimum absolute atomic E-state index is 0.131. The number of nitriles is 1. The summed E-state index contributed by atoms with van der Waals surface area (Å²) in [6.45, 7) is 0. The highest BCUT2D eigenvalue weighted by Gasteiger charge is 2.10. The molecular weight excluding hydrogens is 267 g/mol. The van der Waals surface area contributed by atoms with E-state index in [2.05, 4.69) is 5.32 Å². The highest BCUT2D eigenvalue weighted by atomic mass is 19.1. The van der Waals surface area contributed by atoms with E-state index in [-0.39, 0.29) is 17.2 Å². The number of hydrogen-bond acceptors (Lipinski definition) is 2. The van der Waals surface area contributed by atoms with Crippen LogP contribution in [-0.2, 0) is 11.2 Å². The van der Waals surface area contributed by atoms with Crippen molar-refractivity contribution in [3.63, 3.8) is 0 Å². The third-order valence-electron chi connectivity index (χ3n) is 3.11. The molecular formula is C17H15FN2O. The summed E-state index contributed by atoms with van der Waals surface area (Å²) in [4.78, 5) is 11.8. The SMILES string of the molecule is N#Cc1c(F)cccc1NC(=O)CCCc1ccccc1. The first-order valence-electron chi connectivity index (χ1n) is 6.73. The molecule has 4 heteroatoms. The molecule has 1 amide bonds. The molecule has 0 aliphatic carbocycles. The summed E-state index contributed by atoms with van der Waals surface area (Å²) in [5, 5.41) is 11.5. The van der Waals surface area contributed by atoms with Gasteiger partial charge in [0.15, 0.2) is 0 Å². The minimum Gasteiger partial charge on any atom is -0.325 e. The summed E-state index contributed by atoms with van der Waals surface area (Å²) in [7, 11) is 0. The number of anilines is 1. The van der Waals surface area contributed by atoms with Gasteiger partial charge >= 0.3 is 0 Å². The Morgan fingerprint density at radius 2 is 1.90 bits per heavy atom. The van der Waals surface area contributed by atoms with Crippen molar-refractivity contribution in [3.8, 4) is 6.07 Å². The number of amides is 1. The van der Waals surface area contributed by atoms with Crippen LogP contribution in [0.2, 0.25) is 0 Å². The van der Waals surface area contributed by atoms with E-state index < -0.39 is 5.82 Å². The van der Waals surface area contributed by atoms with Gasteiger partial charge in [0, 0.05) is 6.42 Å². The summed E-state index contributed by atoms with van der Waals surface area (Å²) in [5.74, 6) is -0.840. The molecule has 21 heavy (non-hydrogen) atoms. The molecule has 106 valence electrons. The Kier molecular flexibility index (Phi) is 5.05. The van der Waals surface area contributed by atoms with Crippen LogP contribution < -0.4 is 5.32 Å². The minimum atomic E-state index is -0.625. The molecule has 3 nitrogen and oxygen atoms in total. The van der Waals surface area contributed by atoms with Crippen LogP contribution in [0.4, 0.5) is 10.1 Å². The summed E-state index contributed by atoms with van der Waals surface area (Å²) >= 11 is 0. The maximum Gasteiger partial charge on any atom is 0.224 e. The van der Waals surface area contributed by atoms with E-state index >= 15 is 0 Å². The van der Waals surface area contributed by atoms with E-state index in [0.29, 0.717) is 12.8 Å². The van der Waals surface area contributed by atoms with Crippen LogP contribution in [0.25, 0.3) is 0 Å². The molecule has 1 N–H and O–H groups in total. The van der Waals surface area contributed by atoms with Crippen molar-refractivity contribution >= 4 is 11.6 Å². The van der Waals surface area contributed by atoms with Gasteiger partial charge in [-0.3, -0.25) is 4.79 Å². The second kappa shape index (κ2) is 7.20. The van der Waals surface area contributed by atoms with Crippen LogP contribution in [0.15, 0.2) is 48.5 Å². The van der Waals surface area contributed by atoms with Gasteiger partial charge in [0.1, 0.15) is 17.4 Å². The second-order valence-electron chi connectivity index (χ2n) is 4.66. The smallest absolute Gasteiger partial charge is 0.224 e. The average Bonchev–Trinajstić information content (AvgIpc) is 2.48. The van der Waals surface area contributed by atoms with Crippen LogP contribution in [-0.4, -0.2) is 5.91 Å². The Balaban J connectivity index is 1.88. The number of hydrogen-bond donors (Lipinski definition) is 1. The van der Waals surface area contributed by atoms with Crippen molar-refractivity contribution in [2.45, 2.75) is 19.3 Å². The van der Waals surface area contributed by atoms with E-state index in [1.54, 1.807) is 6.07 Å². The molecule has 0 unspecified atom stereocenters. The molecule has 0 aliphatic rings. The van der Waals surface area contributed by atoms with Crippen LogP contribution >= 0.6 is 0 Å². The zero-order valence-corrected chi connectivity index (χ0v) is 11.5. The first-order chi connectivity index (χ1) is 10.2. The molecule has 0 atom stereocenters. The summed E-state index contributed by atoms with van der Waals surface area (Å²) in [5.41, 5.74) is 1.27. The fraction of sp³-hybridized carbons (Fsp3) is 0.176. The van der Waals surface area contributed by atoms with Crippen molar-refractivity contribution in [1.82, 2.24) is 0 Å².